The van der Waals surface area contributed by atoms with Gasteiger partial charge in [-0.2, -0.15) is 5.26 Å². The standard InChI is InChI=1S/C32H28FN5O3S/c1-40-32(39)23-7-8-28-29(16-23)38(18-25-11-14-41-25)30(35-28)19-37-12-9-22(10-13-37)27-3-2-4-31(36-27)42-20-24-6-5-21(17-34)15-26(24)33/h2-9,15-16,18H,10-14,19-20H2,1H3. The van der Waals surface area contributed by atoms with Crippen molar-refractivity contribution >= 4 is 40.5 Å². The fourth-order valence-corrected chi connectivity index (χ4v) is 5.83. The predicted molar refractivity (Wildman–Crippen MR) is 159 cm³/mol. The zero-order valence-electron chi connectivity index (χ0n) is 23.0. The van der Waals surface area contributed by atoms with Crippen LogP contribution in [0.2, 0.25) is 0 Å². The van der Waals surface area contributed by atoms with E-state index in [0.29, 0.717) is 35.6 Å². The van der Waals surface area contributed by atoms with Gasteiger partial charge in [0.05, 0.1) is 59.2 Å². The molecule has 2 aliphatic rings. The average Bonchev–Trinajstić information content (AvgIpc) is 3.34. The Balaban J connectivity index is 1.16. The quantitative estimate of drug-likeness (QED) is 0.184. The van der Waals surface area contributed by atoms with Gasteiger partial charge >= 0.3 is 5.97 Å². The number of halogens is 1. The summed E-state index contributed by atoms with van der Waals surface area (Å²) in [5, 5.41) is 9.78. The molecule has 10 heteroatoms. The maximum absolute atomic E-state index is 14.3. The van der Waals surface area contributed by atoms with Crippen molar-refractivity contribution in [1.82, 2.24) is 19.4 Å². The van der Waals surface area contributed by atoms with Crippen LogP contribution in [0.1, 0.15) is 45.8 Å². The van der Waals surface area contributed by atoms with Gasteiger partial charge in [-0.15, -0.1) is 11.8 Å². The van der Waals surface area contributed by atoms with E-state index in [0.717, 1.165) is 59.3 Å². The molecule has 4 heterocycles. The molecule has 2 aromatic carbocycles. The first-order chi connectivity index (χ1) is 20.5. The van der Waals surface area contributed by atoms with Crippen LogP contribution in [0.4, 0.5) is 4.39 Å². The first-order valence-corrected chi connectivity index (χ1v) is 14.6. The van der Waals surface area contributed by atoms with Crippen LogP contribution in [0, 0.1) is 17.1 Å². The summed E-state index contributed by atoms with van der Waals surface area (Å²) in [6.45, 7) is 2.93. The molecule has 6 rings (SSSR count). The third-order valence-corrected chi connectivity index (χ3v) is 8.34. The molecule has 8 nitrogen and oxygen atoms in total. The number of imidazole rings is 1. The van der Waals surface area contributed by atoms with E-state index in [-0.39, 0.29) is 11.8 Å². The fourth-order valence-electron chi connectivity index (χ4n) is 4.96. The number of nitrogens with zero attached hydrogens (tertiary/aromatic N) is 5. The van der Waals surface area contributed by atoms with Gasteiger partial charge in [0.15, 0.2) is 0 Å². The Morgan fingerprint density at radius 2 is 2.07 bits per heavy atom. The van der Waals surface area contributed by atoms with Gasteiger partial charge in [-0.1, -0.05) is 18.2 Å². The SMILES string of the molecule is COC(=O)c1ccc2nc(CN3CC=C(c4cccc(SCc5ccc(C#N)cc5F)n4)CC3)n(C=C3CCO3)c2c1. The van der Waals surface area contributed by atoms with Crippen LogP contribution >= 0.6 is 11.8 Å². The number of rotatable bonds is 8. The number of ether oxygens (including phenoxy) is 2. The molecular formula is C32H28FN5O3S. The monoisotopic (exact) mass is 581 g/mol. The molecule has 2 aliphatic heterocycles. The lowest BCUT2D eigenvalue weighted by molar-refractivity contribution is 0.0601. The van der Waals surface area contributed by atoms with Gasteiger partial charge in [0, 0.05) is 31.5 Å². The van der Waals surface area contributed by atoms with Crippen molar-refractivity contribution in [2.75, 3.05) is 26.8 Å². The third-order valence-electron chi connectivity index (χ3n) is 7.36. The van der Waals surface area contributed by atoms with Crippen molar-refractivity contribution in [1.29, 1.82) is 5.26 Å². The molecule has 0 radical (unpaired) electrons. The van der Waals surface area contributed by atoms with Crippen LogP contribution < -0.4 is 0 Å². The summed E-state index contributed by atoms with van der Waals surface area (Å²) in [6, 6.07) is 17.8. The number of benzene rings is 2. The fraction of sp³-hybridized carbons (Fsp3) is 0.250. The number of carbonyl (C=O) groups is 1. The number of aromatic nitrogens is 3. The lowest BCUT2D eigenvalue weighted by Gasteiger charge is -2.26. The van der Waals surface area contributed by atoms with Gasteiger partial charge in [0.25, 0.3) is 0 Å². The smallest absolute Gasteiger partial charge is 0.337 e. The average molecular weight is 582 g/mol. The largest absolute Gasteiger partial charge is 0.496 e. The van der Waals surface area contributed by atoms with E-state index in [1.807, 2.05) is 47.2 Å². The maximum atomic E-state index is 14.3. The Hall–Kier alpha value is -4.46. The van der Waals surface area contributed by atoms with Crippen molar-refractivity contribution < 1.29 is 18.7 Å². The minimum Gasteiger partial charge on any atom is -0.496 e. The molecule has 0 aliphatic carbocycles. The van der Waals surface area contributed by atoms with E-state index < -0.39 is 0 Å². The third kappa shape index (κ3) is 5.93. The second kappa shape index (κ2) is 12.2. The van der Waals surface area contributed by atoms with Crippen molar-refractivity contribution in [2.24, 2.45) is 0 Å². The Bertz CT molecular complexity index is 1770. The maximum Gasteiger partial charge on any atom is 0.337 e. The first kappa shape index (κ1) is 27.7. The Kier molecular flexibility index (Phi) is 8.04. The van der Waals surface area contributed by atoms with Gasteiger partial charge in [-0.05, 0) is 60.0 Å². The highest BCUT2D eigenvalue weighted by atomic mass is 32.2. The number of methoxy groups -OCH3 is 1. The van der Waals surface area contributed by atoms with Gasteiger partial charge < -0.3 is 9.47 Å². The molecule has 0 spiro atoms. The predicted octanol–water partition coefficient (Wildman–Crippen LogP) is 6.03. The minimum atomic E-state index is -0.384. The molecule has 2 aromatic heterocycles. The van der Waals surface area contributed by atoms with Crippen LogP contribution in [-0.4, -0.2) is 52.2 Å². The number of thioether (sulfide) groups is 1. The zero-order valence-corrected chi connectivity index (χ0v) is 23.9. The lowest BCUT2D eigenvalue weighted by Crippen LogP contribution is -2.29. The van der Waals surface area contributed by atoms with Gasteiger partial charge in [-0.25, -0.2) is 19.2 Å². The first-order valence-electron chi connectivity index (χ1n) is 13.6. The summed E-state index contributed by atoms with van der Waals surface area (Å²) in [7, 11) is 1.38. The van der Waals surface area contributed by atoms with Gasteiger partial charge in [0.1, 0.15) is 17.4 Å². The number of nitriles is 1. The van der Waals surface area contributed by atoms with Crippen LogP contribution in [-0.2, 0) is 21.8 Å². The summed E-state index contributed by atoms with van der Waals surface area (Å²) < 4.78 is 26.8. The highest BCUT2D eigenvalue weighted by molar-refractivity contribution is 7.98. The van der Waals surface area contributed by atoms with E-state index in [1.165, 1.54) is 30.5 Å². The van der Waals surface area contributed by atoms with Crippen LogP contribution in [0.15, 0.2) is 71.5 Å². The zero-order chi connectivity index (χ0) is 29.1. The summed E-state index contributed by atoms with van der Waals surface area (Å²) in [5.74, 6) is 1.44. The van der Waals surface area contributed by atoms with Crippen LogP contribution in [0.5, 0.6) is 0 Å². The van der Waals surface area contributed by atoms with Crippen molar-refractivity contribution in [3.05, 3.63) is 100 Å². The normalized spacial score (nSPS) is 16.0. The van der Waals surface area contributed by atoms with E-state index in [2.05, 4.69) is 11.0 Å². The molecule has 1 saturated heterocycles. The molecule has 0 bridgehead atoms. The van der Waals surface area contributed by atoms with Crippen molar-refractivity contribution in [2.45, 2.75) is 30.2 Å². The number of carbonyl (C=O) groups excluding carboxylic acids is 1. The highest BCUT2D eigenvalue weighted by Crippen LogP contribution is 2.28. The Labute approximate surface area is 247 Å². The number of pyridine rings is 1. The summed E-state index contributed by atoms with van der Waals surface area (Å²) in [4.78, 5) is 24.2. The Morgan fingerprint density at radius 1 is 1.19 bits per heavy atom. The summed E-state index contributed by atoms with van der Waals surface area (Å²) >= 11 is 1.47. The number of hydrogen-bond acceptors (Lipinski definition) is 8. The molecule has 0 N–H and O–H groups in total. The molecule has 0 unspecified atom stereocenters. The second-order valence-corrected chi connectivity index (χ2v) is 11.1. The second-order valence-electron chi connectivity index (χ2n) is 10.1. The molecule has 1 fully saturated rings. The van der Waals surface area contributed by atoms with Crippen molar-refractivity contribution in [3.63, 3.8) is 0 Å². The van der Waals surface area contributed by atoms with Crippen molar-refractivity contribution in [3.8, 4) is 6.07 Å². The molecule has 42 heavy (non-hydrogen) atoms. The summed E-state index contributed by atoms with van der Waals surface area (Å²) in [5.41, 5.74) is 5.09. The molecule has 212 valence electrons. The van der Waals surface area contributed by atoms with Crippen LogP contribution in [0.25, 0.3) is 22.8 Å². The van der Waals surface area contributed by atoms with Gasteiger partial charge in [0.2, 0.25) is 0 Å². The molecular weight excluding hydrogens is 553 g/mol. The summed E-state index contributed by atoms with van der Waals surface area (Å²) in [6.07, 6.45) is 5.88. The van der Waals surface area contributed by atoms with E-state index in [4.69, 9.17) is 24.7 Å². The minimum absolute atomic E-state index is 0.314. The number of hydrogen-bond donors (Lipinski definition) is 0. The van der Waals surface area contributed by atoms with E-state index >= 15 is 0 Å². The van der Waals surface area contributed by atoms with Gasteiger partial charge in [-0.3, -0.25) is 9.47 Å². The lowest BCUT2D eigenvalue weighted by atomic mass is 10.0. The van der Waals surface area contributed by atoms with E-state index in [1.54, 1.807) is 18.2 Å². The van der Waals surface area contributed by atoms with E-state index in [9.17, 15) is 9.18 Å². The number of fused-ring (bicyclic) bond motifs is 1. The highest BCUT2D eigenvalue weighted by Gasteiger charge is 2.20. The molecule has 0 amide bonds. The molecule has 4 aromatic rings. The Morgan fingerprint density at radius 3 is 2.79 bits per heavy atom. The van der Waals surface area contributed by atoms with Crippen LogP contribution in [0.3, 0.4) is 0 Å². The number of esters is 1. The molecule has 0 saturated carbocycles. The topological polar surface area (TPSA) is 93.3 Å². The molecule has 0 atom stereocenters.